The van der Waals surface area contributed by atoms with E-state index >= 15 is 0 Å². The highest BCUT2D eigenvalue weighted by molar-refractivity contribution is 7.85. The summed E-state index contributed by atoms with van der Waals surface area (Å²) >= 11 is 0. The van der Waals surface area contributed by atoms with Crippen molar-refractivity contribution in [3.63, 3.8) is 0 Å². The predicted molar refractivity (Wildman–Crippen MR) is 140 cm³/mol. The molecule has 2 aliphatic heterocycles. The lowest BCUT2D eigenvalue weighted by Gasteiger charge is -2.11. The smallest absolute Gasteiger partial charge is 0.240 e. The second-order valence-electron chi connectivity index (χ2n) is 9.23. The van der Waals surface area contributed by atoms with E-state index in [1.165, 1.54) is 33.6 Å². The van der Waals surface area contributed by atoms with Gasteiger partial charge >= 0.3 is 0 Å². The number of fused-ring (bicyclic) bond motifs is 2. The summed E-state index contributed by atoms with van der Waals surface area (Å²) in [5.41, 5.74) is 1.42. The molecule has 0 radical (unpaired) electrons. The number of halogens is 4. The zero-order valence-electron chi connectivity index (χ0n) is 21.5. The molecule has 4 heterocycles. The molecule has 0 bridgehead atoms. The number of hydrogen-bond acceptors (Lipinski definition) is 8. The van der Waals surface area contributed by atoms with Gasteiger partial charge < -0.3 is 0 Å². The van der Waals surface area contributed by atoms with Crippen molar-refractivity contribution in [1.82, 2.24) is 29.5 Å². The molecular weight excluding hydrogens is 596 g/mol. The molecule has 2 aliphatic rings. The quantitative estimate of drug-likeness (QED) is 0.295. The Balaban J connectivity index is 0.000000168. The van der Waals surface area contributed by atoms with E-state index in [0.717, 1.165) is 0 Å². The van der Waals surface area contributed by atoms with E-state index in [1.807, 2.05) is 0 Å². The van der Waals surface area contributed by atoms with Gasteiger partial charge in [-0.2, -0.15) is 10.5 Å². The summed E-state index contributed by atoms with van der Waals surface area (Å²) in [6, 6.07) is 14.2. The molecule has 16 heteroatoms. The highest BCUT2D eigenvalue weighted by Crippen LogP contribution is 2.40. The van der Waals surface area contributed by atoms with Crippen LogP contribution in [-0.2, 0) is 21.6 Å². The molecule has 0 N–H and O–H groups in total. The minimum Gasteiger partial charge on any atom is -0.250 e. The van der Waals surface area contributed by atoms with Gasteiger partial charge in [0.2, 0.25) is 10.3 Å². The van der Waals surface area contributed by atoms with Crippen LogP contribution in [0, 0.1) is 34.3 Å². The minimum absolute atomic E-state index is 0.0407. The van der Waals surface area contributed by atoms with Crippen LogP contribution in [0.4, 0.5) is 17.6 Å². The molecule has 6 rings (SSSR count). The molecule has 0 unspecified atom stereocenters. The van der Waals surface area contributed by atoms with E-state index in [0.29, 0.717) is 11.1 Å². The Morgan fingerprint density at radius 1 is 0.714 bits per heavy atom. The number of rotatable bonds is 6. The Labute approximate surface area is 241 Å². The van der Waals surface area contributed by atoms with Crippen molar-refractivity contribution in [2.24, 2.45) is 0 Å². The number of hydrogen-bond donors (Lipinski definition) is 0. The van der Waals surface area contributed by atoms with E-state index in [1.54, 1.807) is 36.4 Å². The van der Waals surface area contributed by atoms with Crippen molar-refractivity contribution >= 4 is 21.6 Å². The molecule has 0 saturated carbocycles. The predicted octanol–water partition coefficient (Wildman–Crippen LogP) is 4.10. The first-order valence-corrected chi connectivity index (χ1v) is 15.1. The molecule has 10 nitrogen and oxygen atoms in total. The fourth-order valence-electron chi connectivity index (χ4n) is 4.68. The molecule has 2 aromatic heterocycles. The standard InChI is InChI=1S/2C13H10F2N4OS/c2*14-9-3-1-8(2-4-9)11-7-10(15)12-17-13(18-19(11)12)21(20)6-5-16/h2*1-4,10-11H,6-7H2/t10-,11-,21+;10-,11-,21-/m00/s1. The summed E-state index contributed by atoms with van der Waals surface area (Å²) in [6.45, 7) is 0. The number of benzene rings is 2. The summed E-state index contributed by atoms with van der Waals surface area (Å²) in [7, 11) is -3.32. The fraction of sp³-hybridized carbons (Fsp3) is 0.308. The zero-order chi connectivity index (χ0) is 30.0. The molecule has 0 fully saturated rings. The van der Waals surface area contributed by atoms with Crippen LogP contribution in [0.3, 0.4) is 0 Å². The van der Waals surface area contributed by atoms with Crippen molar-refractivity contribution in [2.75, 3.05) is 11.5 Å². The number of alkyl halides is 2. The molecule has 0 spiro atoms. The average molecular weight is 617 g/mol. The van der Waals surface area contributed by atoms with E-state index in [-0.39, 0.29) is 57.9 Å². The fourth-order valence-corrected chi connectivity index (χ4v) is 5.92. The number of aromatic nitrogens is 6. The molecule has 6 atom stereocenters. The topological polar surface area (TPSA) is 143 Å². The number of nitriles is 2. The Morgan fingerprint density at radius 3 is 1.40 bits per heavy atom. The van der Waals surface area contributed by atoms with Crippen LogP contribution in [-0.4, -0.2) is 49.5 Å². The molecular formula is C26H20F4N8O2S2. The summed E-state index contributed by atoms with van der Waals surface area (Å²) in [5, 5.41) is 25.1. The SMILES string of the molecule is N#CC[S@@](=O)c1nc2n(n1)[C@H](c1ccc(F)cc1)C[C@@H]2F.N#CC[S@](=O)c1nc2n(n1)[C@H](c1ccc(F)cc1)C[C@@H]2F. The van der Waals surface area contributed by atoms with E-state index in [9.17, 15) is 26.0 Å². The first-order chi connectivity index (χ1) is 20.2. The first-order valence-electron chi connectivity index (χ1n) is 12.4. The van der Waals surface area contributed by atoms with Gasteiger partial charge in [-0.25, -0.2) is 45.3 Å². The maximum absolute atomic E-state index is 14.0. The van der Waals surface area contributed by atoms with Gasteiger partial charge in [0.15, 0.2) is 24.0 Å². The van der Waals surface area contributed by atoms with Gasteiger partial charge in [0.1, 0.15) is 44.7 Å². The molecule has 0 saturated heterocycles. The molecule has 4 aromatic rings. The van der Waals surface area contributed by atoms with Gasteiger partial charge in [0, 0.05) is 12.8 Å². The van der Waals surface area contributed by atoms with Crippen molar-refractivity contribution in [2.45, 2.75) is 47.6 Å². The lowest BCUT2D eigenvalue weighted by molar-refractivity contribution is 0.326. The van der Waals surface area contributed by atoms with Crippen LogP contribution < -0.4 is 0 Å². The van der Waals surface area contributed by atoms with Crippen LogP contribution in [0.15, 0.2) is 58.8 Å². The maximum Gasteiger partial charge on any atom is 0.240 e. The second kappa shape index (κ2) is 12.3. The van der Waals surface area contributed by atoms with E-state index in [2.05, 4.69) is 20.2 Å². The molecule has 2 aromatic carbocycles. The molecule has 0 aliphatic carbocycles. The van der Waals surface area contributed by atoms with Gasteiger partial charge in [-0.15, -0.1) is 10.2 Å². The maximum atomic E-state index is 14.0. The van der Waals surface area contributed by atoms with Crippen LogP contribution >= 0.6 is 0 Å². The Morgan fingerprint density at radius 2 is 1.07 bits per heavy atom. The lowest BCUT2D eigenvalue weighted by atomic mass is 10.0. The molecule has 0 amide bonds. The summed E-state index contributed by atoms with van der Waals surface area (Å²) in [6.07, 6.45) is -2.32. The van der Waals surface area contributed by atoms with Gasteiger partial charge in [0.25, 0.3) is 0 Å². The van der Waals surface area contributed by atoms with Crippen LogP contribution in [0.5, 0.6) is 0 Å². The van der Waals surface area contributed by atoms with Crippen LogP contribution in [0.2, 0.25) is 0 Å². The van der Waals surface area contributed by atoms with Crippen molar-refractivity contribution < 1.29 is 26.0 Å². The third-order valence-electron chi connectivity index (χ3n) is 6.60. The van der Waals surface area contributed by atoms with Gasteiger partial charge in [0.05, 0.1) is 24.2 Å². The van der Waals surface area contributed by atoms with Gasteiger partial charge in [-0.3, -0.25) is 0 Å². The highest BCUT2D eigenvalue weighted by atomic mass is 32.2. The number of nitrogens with zero attached hydrogens (tertiary/aromatic N) is 8. The largest absolute Gasteiger partial charge is 0.250 e. The van der Waals surface area contributed by atoms with Crippen molar-refractivity contribution in [3.05, 3.63) is 82.9 Å². The third-order valence-corrected chi connectivity index (χ3v) is 8.54. The molecule has 216 valence electrons. The summed E-state index contributed by atoms with van der Waals surface area (Å²) in [5.74, 6) is -1.01. The summed E-state index contributed by atoms with van der Waals surface area (Å²) < 4.78 is 80.2. The zero-order valence-corrected chi connectivity index (χ0v) is 23.1. The van der Waals surface area contributed by atoms with Crippen LogP contribution in [0.25, 0.3) is 0 Å². The minimum atomic E-state index is -1.66. The second-order valence-corrected chi connectivity index (χ2v) is 11.9. The van der Waals surface area contributed by atoms with Crippen molar-refractivity contribution in [3.8, 4) is 12.1 Å². The lowest BCUT2D eigenvalue weighted by Crippen LogP contribution is -2.08. The Hall–Kier alpha value is -4.28. The molecule has 42 heavy (non-hydrogen) atoms. The highest BCUT2D eigenvalue weighted by Gasteiger charge is 2.37. The average Bonchev–Trinajstić information content (AvgIpc) is 3.73. The normalized spacial score (nSPS) is 21.8. The third kappa shape index (κ3) is 5.86. The van der Waals surface area contributed by atoms with E-state index < -0.39 is 46.0 Å². The van der Waals surface area contributed by atoms with Gasteiger partial charge in [-0.05, 0) is 35.4 Å². The Bertz CT molecular complexity index is 1600. The van der Waals surface area contributed by atoms with Crippen molar-refractivity contribution in [1.29, 1.82) is 10.5 Å². The monoisotopic (exact) mass is 616 g/mol. The van der Waals surface area contributed by atoms with Crippen LogP contribution in [0.1, 0.15) is 60.0 Å². The van der Waals surface area contributed by atoms with Gasteiger partial charge in [-0.1, -0.05) is 24.3 Å². The Kier molecular flexibility index (Phi) is 8.56. The van der Waals surface area contributed by atoms with E-state index in [4.69, 9.17) is 10.5 Å². The summed E-state index contributed by atoms with van der Waals surface area (Å²) in [4.78, 5) is 7.87. The first kappa shape index (κ1) is 29.2.